The van der Waals surface area contributed by atoms with E-state index in [1.165, 1.54) is 12.1 Å². The number of aromatic nitrogens is 4. The second kappa shape index (κ2) is 8.56. The van der Waals surface area contributed by atoms with Crippen LogP contribution in [0, 0.1) is 5.41 Å². The second-order valence-electron chi connectivity index (χ2n) is 6.13. The van der Waals surface area contributed by atoms with Crippen molar-refractivity contribution in [2.45, 2.75) is 16.4 Å². The maximum Gasteiger partial charge on any atom is 0.416 e. The molecular formula is C20H13F3N6OS. The summed E-state index contributed by atoms with van der Waals surface area (Å²) >= 11 is 1.11. The lowest BCUT2D eigenvalue weighted by Crippen LogP contribution is -2.14. The van der Waals surface area contributed by atoms with E-state index in [1.807, 2.05) is 30.3 Å². The van der Waals surface area contributed by atoms with Gasteiger partial charge in [-0.3, -0.25) is 5.41 Å². The first-order valence-electron chi connectivity index (χ1n) is 8.81. The molecule has 0 atom stereocenters. The summed E-state index contributed by atoms with van der Waals surface area (Å²) < 4.78 is 43.8. The summed E-state index contributed by atoms with van der Waals surface area (Å²) in [5.41, 5.74) is 1.32. The second-order valence-corrected chi connectivity index (χ2v) is 7.12. The SMILES string of the molecule is N=C/N=c1/nc(-c2ccccc2)cc(Sc2nnc(-c3ccc(C(F)(F)F)cc3)o2)[nH]1. The van der Waals surface area contributed by atoms with Crippen molar-refractivity contribution in [3.05, 3.63) is 71.8 Å². The summed E-state index contributed by atoms with van der Waals surface area (Å²) in [6, 6.07) is 15.7. The number of rotatable bonds is 5. The van der Waals surface area contributed by atoms with Gasteiger partial charge in [-0.25, -0.2) is 9.98 Å². The molecule has 2 heterocycles. The lowest BCUT2D eigenvalue weighted by molar-refractivity contribution is -0.137. The third kappa shape index (κ3) is 4.89. The van der Waals surface area contributed by atoms with Gasteiger partial charge in [-0.15, -0.1) is 10.2 Å². The van der Waals surface area contributed by atoms with Crippen molar-refractivity contribution < 1.29 is 17.6 Å². The number of nitrogens with one attached hydrogen (secondary N) is 2. The van der Waals surface area contributed by atoms with Crippen LogP contribution >= 0.6 is 11.8 Å². The number of benzene rings is 2. The molecule has 2 aromatic carbocycles. The fourth-order valence-corrected chi connectivity index (χ4v) is 3.35. The number of aromatic amines is 1. The van der Waals surface area contributed by atoms with Gasteiger partial charge in [-0.2, -0.15) is 13.2 Å². The van der Waals surface area contributed by atoms with E-state index >= 15 is 0 Å². The van der Waals surface area contributed by atoms with E-state index in [0.717, 1.165) is 35.8 Å². The Morgan fingerprint density at radius 2 is 1.74 bits per heavy atom. The third-order valence-electron chi connectivity index (χ3n) is 4.05. The first kappa shape index (κ1) is 20.5. The van der Waals surface area contributed by atoms with Gasteiger partial charge in [-0.1, -0.05) is 30.3 Å². The standard InChI is InChI=1S/C20H13F3N6OS/c21-20(22,23)14-8-6-13(7-9-14)17-28-29-19(30-17)31-16-10-15(12-4-2-1-3-5-12)26-18(27-16)25-11-24/h1-11H,(H2,24,25,26,27). The van der Waals surface area contributed by atoms with Gasteiger partial charge >= 0.3 is 6.18 Å². The highest BCUT2D eigenvalue weighted by molar-refractivity contribution is 7.99. The Kier molecular flexibility index (Phi) is 5.67. The molecule has 11 heteroatoms. The van der Waals surface area contributed by atoms with Crippen molar-refractivity contribution in [2.75, 3.05) is 0 Å². The molecular weight excluding hydrogens is 429 g/mol. The van der Waals surface area contributed by atoms with Gasteiger partial charge in [0.25, 0.3) is 5.22 Å². The lowest BCUT2D eigenvalue weighted by atomic mass is 10.1. The van der Waals surface area contributed by atoms with Crippen LogP contribution in [0.25, 0.3) is 22.7 Å². The van der Waals surface area contributed by atoms with Crippen molar-refractivity contribution in [2.24, 2.45) is 4.99 Å². The topological polar surface area (TPSA) is 104 Å². The molecule has 0 radical (unpaired) electrons. The van der Waals surface area contributed by atoms with Gasteiger partial charge in [0.1, 0.15) is 6.34 Å². The van der Waals surface area contributed by atoms with Gasteiger partial charge < -0.3 is 9.40 Å². The van der Waals surface area contributed by atoms with E-state index in [-0.39, 0.29) is 16.7 Å². The van der Waals surface area contributed by atoms with E-state index < -0.39 is 11.7 Å². The predicted molar refractivity (Wildman–Crippen MR) is 107 cm³/mol. The highest BCUT2D eigenvalue weighted by atomic mass is 32.2. The van der Waals surface area contributed by atoms with Crippen LogP contribution in [0.5, 0.6) is 0 Å². The molecule has 156 valence electrons. The summed E-state index contributed by atoms with van der Waals surface area (Å²) in [5, 5.41) is 15.8. The molecule has 0 bridgehead atoms. The first-order chi connectivity index (χ1) is 14.9. The van der Waals surface area contributed by atoms with Crippen LogP contribution in [0.15, 0.2) is 80.3 Å². The Hall–Kier alpha value is -3.73. The molecule has 0 saturated carbocycles. The third-order valence-corrected chi connectivity index (χ3v) is 4.83. The van der Waals surface area contributed by atoms with Crippen molar-refractivity contribution in [3.8, 4) is 22.7 Å². The van der Waals surface area contributed by atoms with E-state index in [2.05, 4.69) is 25.2 Å². The molecule has 0 aliphatic rings. The molecule has 0 aliphatic carbocycles. The largest absolute Gasteiger partial charge is 0.416 e. The normalized spacial score (nSPS) is 12.2. The van der Waals surface area contributed by atoms with Crippen molar-refractivity contribution >= 4 is 18.1 Å². The number of hydrogen-bond donors (Lipinski definition) is 2. The Balaban J connectivity index is 1.62. The van der Waals surface area contributed by atoms with Crippen LogP contribution in [0.3, 0.4) is 0 Å². The molecule has 0 unspecified atom stereocenters. The Labute approximate surface area is 177 Å². The Morgan fingerprint density at radius 1 is 1.00 bits per heavy atom. The van der Waals surface area contributed by atoms with Gasteiger partial charge in [-0.05, 0) is 42.1 Å². The quantitative estimate of drug-likeness (QED) is 0.262. The minimum Gasteiger partial charge on any atom is -0.411 e. The van der Waals surface area contributed by atoms with Crippen LogP contribution in [0.4, 0.5) is 13.2 Å². The van der Waals surface area contributed by atoms with E-state index in [9.17, 15) is 13.2 Å². The van der Waals surface area contributed by atoms with Gasteiger partial charge in [0.2, 0.25) is 11.5 Å². The maximum atomic E-state index is 12.7. The number of hydrogen-bond acceptors (Lipinski definition) is 6. The first-order valence-corrected chi connectivity index (χ1v) is 9.62. The van der Waals surface area contributed by atoms with Crippen LogP contribution in [0.2, 0.25) is 0 Å². The summed E-state index contributed by atoms with van der Waals surface area (Å²) in [6.07, 6.45) is -3.54. The molecule has 31 heavy (non-hydrogen) atoms. The average Bonchev–Trinajstić information content (AvgIpc) is 3.22. The van der Waals surface area contributed by atoms with Crippen molar-refractivity contribution in [1.82, 2.24) is 20.2 Å². The number of alkyl halides is 3. The molecule has 4 aromatic rings. The molecule has 4 rings (SSSR count). The van der Waals surface area contributed by atoms with Gasteiger partial charge in [0.15, 0.2) is 0 Å². The van der Waals surface area contributed by atoms with Crippen LogP contribution in [-0.2, 0) is 6.18 Å². The molecule has 0 fully saturated rings. The van der Waals surface area contributed by atoms with Gasteiger partial charge in [0, 0.05) is 11.1 Å². The molecule has 0 spiro atoms. The van der Waals surface area contributed by atoms with E-state index in [0.29, 0.717) is 16.3 Å². The van der Waals surface area contributed by atoms with E-state index in [4.69, 9.17) is 9.83 Å². The average molecular weight is 442 g/mol. The molecule has 7 nitrogen and oxygen atoms in total. The molecule has 2 aromatic heterocycles. The van der Waals surface area contributed by atoms with Crippen LogP contribution in [-0.4, -0.2) is 26.5 Å². The maximum absolute atomic E-state index is 12.7. The highest BCUT2D eigenvalue weighted by Gasteiger charge is 2.30. The number of H-pyrrole nitrogens is 1. The minimum atomic E-state index is -4.42. The molecule has 2 N–H and O–H groups in total. The molecule has 0 aliphatic heterocycles. The van der Waals surface area contributed by atoms with E-state index in [1.54, 1.807) is 6.07 Å². The zero-order valence-corrected chi connectivity index (χ0v) is 16.4. The lowest BCUT2D eigenvalue weighted by Gasteiger charge is -2.05. The highest BCUT2D eigenvalue weighted by Crippen LogP contribution is 2.32. The summed E-state index contributed by atoms with van der Waals surface area (Å²) in [4.78, 5) is 11.2. The molecule has 0 amide bonds. The van der Waals surface area contributed by atoms with Crippen molar-refractivity contribution in [1.29, 1.82) is 5.41 Å². The Bertz CT molecular complexity index is 1270. The zero-order chi connectivity index (χ0) is 21.8. The number of nitrogens with zero attached hydrogens (tertiary/aromatic N) is 4. The fourth-order valence-electron chi connectivity index (χ4n) is 2.64. The Morgan fingerprint density at radius 3 is 2.42 bits per heavy atom. The molecule has 0 saturated heterocycles. The summed E-state index contributed by atoms with van der Waals surface area (Å²) in [5.74, 6) is 0.0953. The fraction of sp³-hybridized carbons (Fsp3) is 0.0500. The smallest absolute Gasteiger partial charge is 0.411 e. The predicted octanol–water partition coefficient (Wildman–Crippen LogP) is 4.80. The monoisotopic (exact) mass is 442 g/mol. The number of halogens is 3. The zero-order valence-electron chi connectivity index (χ0n) is 15.6. The van der Waals surface area contributed by atoms with Crippen molar-refractivity contribution in [3.63, 3.8) is 0 Å². The minimum absolute atomic E-state index is 0.0953. The van der Waals surface area contributed by atoms with Crippen LogP contribution < -0.4 is 5.62 Å². The van der Waals surface area contributed by atoms with Crippen LogP contribution in [0.1, 0.15) is 5.56 Å². The van der Waals surface area contributed by atoms with Gasteiger partial charge in [0.05, 0.1) is 16.3 Å². The summed E-state index contributed by atoms with van der Waals surface area (Å²) in [6.45, 7) is 0. The summed E-state index contributed by atoms with van der Waals surface area (Å²) in [7, 11) is 0.